The van der Waals surface area contributed by atoms with E-state index in [1.165, 1.54) is 0 Å². The average molecular weight is 287 g/mol. The van der Waals surface area contributed by atoms with Crippen molar-refractivity contribution in [2.45, 2.75) is 37.4 Å². The first-order valence-electron chi connectivity index (χ1n) is 7.54. The summed E-state index contributed by atoms with van der Waals surface area (Å²) in [5.41, 5.74) is 6.68. The molecule has 5 heteroatoms. The van der Waals surface area contributed by atoms with Crippen LogP contribution in [0.2, 0.25) is 0 Å². The average Bonchev–Trinajstić information content (AvgIpc) is 2.98. The number of carbonyl (C=O) groups excluding carboxylic acids is 2. The summed E-state index contributed by atoms with van der Waals surface area (Å²) in [5.74, 6) is 0.188. The molecule has 2 fully saturated rings. The van der Waals surface area contributed by atoms with Crippen molar-refractivity contribution in [2.75, 3.05) is 13.1 Å². The second kappa shape index (κ2) is 5.95. The molecule has 2 saturated heterocycles. The molecule has 1 amide bonds. The molecule has 2 aliphatic heterocycles. The Kier molecular flexibility index (Phi) is 4.03. The van der Waals surface area contributed by atoms with Gasteiger partial charge in [0.1, 0.15) is 0 Å². The highest BCUT2D eigenvalue weighted by Crippen LogP contribution is 2.26. The molecule has 1 aromatic rings. The first-order valence-corrected chi connectivity index (χ1v) is 7.54. The zero-order valence-electron chi connectivity index (χ0n) is 12.0. The molecule has 3 N–H and O–H groups in total. The van der Waals surface area contributed by atoms with Crippen LogP contribution in [-0.2, 0) is 16.0 Å². The zero-order chi connectivity index (χ0) is 14.8. The minimum Gasteiger partial charge on any atom is -0.336 e. The highest BCUT2D eigenvalue weighted by Gasteiger charge is 2.45. The number of fused-ring (bicyclic) bond motifs is 1. The number of nitrogens with zero attached hydrogens (tertiary/aromatic N) is 1. The molecule has 2 heterocycles. The lowest BCUT2D eigenvalue weighted by Gasteiger charge is -2.40. The van der Waals surface area contributed by atoms with Gasteiger partial charge in [-0.25, -0.2) is 0 Å². The van der Waals surface area contributed by atoms with Crippen LogP contribution in [0.4, 0.5) is 0 Å². The van der Waals surface area contributed by atoms with Crippen LogP contribution >= 0.6 is 0 Å². The SMILES string of the molecule is NCC1NC(C(=O)Cc2ccccc2)C2CCCN2C1=O. The molecule has 5 nitrogen and oxygen atoms in total. The van der Waals surface area contributed by atoms with E-state index < -0.39 is 6.04 Å². The number of nitrogens with two attached hydrogens (primary N) is 1. The van der Waals surface area contributed by atoms with Gasteiger partial charge in [0, 0.05) is 19.5 Å². The Morgan fingerprint density at radius 1 is 1.33 bits per heavy atom. The van der Waals surface area contributed by atoms with Crippen LogP contribution in [0.1, 0.15) is 18.4 Å². The highest BCUT2D eigenvalue weighted by molar-refractivity contribution is 5.92. The number of hydrogen-bond donors (Lipinski definition) is 2. The Balaban J connectivity index is 1.76. The number of benzene rings is 1. The van der Waals surface area contributed by atoms with E-state index in [2.05, 4.69) is 5.32 Å². The predicted molar refractivity (Wildman–Crippen MR) is 79.7 cm³/mol. The van der Waals surface area contributed by atoms with Crippen LogP contribution < -0.4 is 11.1 Å². The fourth-order valence-corrected chi connectivity index (χ4v) is 3.40. The third-order valence-electron chi connectivity index (χ3n) is 4.45. The molecule has 1 aromatic carbocycles. The van der Waals surface area contributed by atoms with Crippen LogP contribution in [0.3, 0.4) is 0 Å². The summed E-state index contributed by atoms with van der Waals surface area (Å²) in [4.78, 5) is 26.7. The predicted octanol–water partition coefficient (Wildman–Crippen LogP) is 0.0883. The van der Waals surface area contributed by atoms with Gasteiger partial charge in [-0.2, -0.15) is 0 Å². The summed E-state index contributed by atoms with van der Waals surface area (Å²) >= 11 is 0. The molecular formula is C16H21N3O2. The van der Waals surface area contributed by atoms with E-state index in [4.69, 9.17) is 5.73 Å². The van der Waals surface area contributed by atoms with Gasteiger partial charge in [0.25, 0.3) is 0 Å². The molecule has 0 spiro atoms. The van der Waals surface area contributed by atoms with Crippen molar-refractivity contribution in [2.24, 2.45) is 5.73 Å². The lowest BCUT2D eigenvalue weighted by molar-refractivity contribution is -0.140. The van der Waals surface area contributed by atoms with Gasteiger partial charge in [0.05, 0.1) is 18.1 Å². The van der Waals surface area contributed by atoms with Gasteiger partial charge in [-0.3, -0.25) is 14.9 Å². The minimum atomic E-state index is -0.427. The lowest BCUT2D eigenvalue weighted by Crippen LogP contribution is -2.67. The number of amides is 1. The molecule has 0 bridgehead atoms. The molecule has 0 aliphatic carbocycles. The number of carbonyl (C=O) groups is 2. The zero-order valence-corrected chi connectivity index (χ0v) is 12.0. The Labute approximate surface area is 124 Å². The third-order valence-corrected chi connectivity index (χ3v) is 4.45. The number of hydrogen-bond acceptors (Lipinski definition) is 4. The number of Topliss-reactive ketones (excluding diaryl/α,β-unsaturated/α-hetero) is 1. The van der Waals surface area contributed by atoms with Gasteiger partial charge in [0.2, 0.25) is 5.91 Å². The molecular weight excluding hydrogens is 266 g/mol. The first kappa shape index (κ1) is 14.2. The molecule has 3 atom stereocenters. The molecule has 2 aliphatic rings. The van der Waals surface area contributed by atoms with E-state index in [1.54, 1.807) is 0 Å². The Morgan fingerprint density at radius 3 is 2.81 bits per heavy atom. The molecule has 0 radical (unpaired) electrons. The maximum Gasteiger partial charge on any atom is 0.241 e. The Bertz CT molecular complexity index is 532. The standard InChI is InChI=1S/C16H21N3O2/c17-10-12-16(21)19-8-4-7-13(19)15(18-12)14(20)9-11-5-2-1-3-6-11/h1-3,5-6,12-13,15,18H,4,7-10,17H2. The summed E-state index contributed by atoms with van der Waals surface area (Å²) in [6, 6.07) is 9.00. The maximum absolute atomic E-state index is 12.6. The fourth-order valence-electron chi connectivity index (χ4n) is 3.40. The van der Waals surface area contributed by atoms with Crippen LogP contribution in [0, 0.1) is 0 Å². The summed E-state index contributed by atoms with van der Waals surface area (Å²) < 4.78 is 0. The van der Waals surface area contributed by atoms with Crippen molar-refractivity contribution in [3.63, 3.8) is 0 Å². The number of piperazine rings is 1. The summed E-state index contributed by atoms with van der Waals surface area (Å²) in [7, 11) is 0. The van der Waals surface area contributed by atoms with Crippen molar-refractivity contribution in [3.8, 4) is 0 Å². The van der Waals surface area contributed by atoms with Gasteiger partial charge >= 0.3 is 0 Å². The smallest absolute Gasteiger partial charge is 0.241 e. The van der Waals surface area contributed by atoms with E-state index in [0.717, 1.165) is 24.9 Å². The topological polar surface area (TPSA) is 75.4 Å². The van der Waals surface area contributed by atoms with Gasteiger partial charge in [-0.05, 0) is 18.4 Å². The van der Waals surface area contributed by atoms with E-state index in [1.807, 2.05) is 35.2 Å². The second-order valence-corrected chi connectivity index (χ2v) is 5.80. The Morgan fingerprint density at radius 2 is 2.10 bits per heavy atom. The van der Waals surface area contributed by atoms with Gasteiger partial charge in [-0.15, -0.1) is 0 Å². The summed E-state index contributed by atoms with van der Waals surface area (Å²) in [6.45, 7) is 0.980. The van der Waals surface area contributed by atoms with Crippen LogP contribution in [-0.4, -0.2) is 47.8 Å². The van der Waals surface area contributed by atoms with Gasteiger partial charge in [0.15, 0.2) is 5.78 Å². The van der Waals surface area contributed by atoms with Crippen LogP contribution in [0.5, 0.6) is 0 Å². The van der Waals surface area contributed by atoms with Crippen molar-refractivity contribution in [3.05, 3.63) is 35.9 Å². The Hall–Kier alpha value is -1.72. The molecule has 0 saturated carbocycles. The monoisotopic (exact) mass is 287 g/mol. The van der Waals surface area contributed by atoms with E-state index >= 15 is 0 Å². The summed E-state index contributed by atoms with van der Waals surface area (Å²) in [5, 5.41) is 3.18. The molecule has 112 valence electrons. The first-order chi connectivity index (χ1) is 10.2. The van der Waals surface area contributed by atoms with Crippen LogP contribution in [0.25, 0.3) is 0 Å². The van der Waals surface area contributed by atoms with Gasteiger partial charge in [-0.1, -0.05) is 30.3 Å². The van der Waals surface area contributed by atoms with Crippen molar-refractivity contribution in [1.82, 2.24) is 10.2 Å². The van der Waals surface area contributed by atoms with Crippen molar-refractivity contribution in [1.29, 1.82) is 0 Å². The largest absolute Gasteiger partial charge is 0.336 e. The minimum absolute atomic E-state index is 0.00323. The molecule has 3 unspecified atom stereocenters. The quantitative estimate of drug-likeness (QED) is 0.823. The fraction of sp³-hybridized carbons (Fsp3) is 0.500. The number of nitrogens with one attached hydrogen (secondary N) is 1. The second-order valence-electron chi connectivity index (χ2n) is 5.80. The maximum atomic E-state index is 12.6. The summed E-state index contributed by atoms with van der Waals surface area (Å²) in [6.07, 6.45) is 2.25. The van der Waals surface area contributed by atoms with E-state index in [9.17, 15) is 9.59 Å². The van der Waals surface area contributed by atoms with E-state index in [0.29, 0.717) is 6.42 Å². The molecule has 3 rings (SSSR count). The van der Waals surface area contributed by atoms with E-state index in [-0.39, 0.29) is 30.3 Å². The van der Waals surface area contributed by atoms with Crippen molar-refractivity contribution < 1.29 is 9.59 Å². The number of rotatable bonds is 4. The third kappa shape index (κ3) is 2.71. The molecule has 0 aromatic heterocycles. The highest BCUT2D eigenvalue weighted by atomic mass is 16.2. The van der Waals surface area contributed by atoms with Crippen LogP contribution in [0.15, 0.2) is 30.3 Å². The number of ketones is 1. The lowest BCUT2D eigenvalue weighted by atomic mass is 9.93. The van der Waals surface area contributed by atoms with Crippen molar-refractivity contribution >= 4 is 11.7 Å². The molecule has 21 heavy (non-hydrogen) atoms. The normalized spacial score (nSPS) is 28.5. The van der Waals surface area contributed by atoms with Gasteiger partial charge < -0.3 is 10.6 Å².